The number of unbranched alkanes of at least 4 members (excludes halogenated alkanes) is 2. The second-order valence-corrected chi connectivity index (χ2v) is 5.37. The van der Waals surface area contributed by atoms with E-state index in [9.17, 15) is 17.8 Å². The van der Waals surface area contributed by atoms with E-state index < -0.39 is 28.4 Å². The van der Waals surface area contributed by atoms with Gasteiger partial charge in [-0.25, -0.2) is 8.78 Å². The van der Waals surface area contributed by atoms with Crippen LogP contribution in [0.2, 0.25) is 0 Å². The molecule has 0 bridgehead atoms. The molecular weight excluding hydrogens is 262 g/mol. The molecule has 1 aromatic rings. The van der Waals surface area contributed by atoms with Crippen LogP contribution in [0.25, 0.3) is 0 Å². The van der Waals surface area contributed by atoms with Gasteiger partial charge < -0.3 is 5.11 Å². The fourth-order valence-corrected chi connectivity index (χ4v) is 2.66. The number of benzene rings is 1. The van der Waals surface area contributed by atoms with Gasteiger partial charge in [0.25, 0.3) is 0 Å². The van der Waals surface area contributed by atoms with Gasteiger partial charge in [-0.1, -0.05) is 6.42 Å². The van der Waals surface area contributed by atoms with Gasteiger partial charge >= 0.3 is 5.97 Å². The van der Waals surface area contributed by atoms with Gasteiger partial charge in [0, 0.05) is 12.2 Å². The van der Waals surface area contributed by atoms with E-state index in [-0.39, 0.29) is 17.1 Å². The van der Waals surface area contributed by atoms with Crippen LogP contribution < -0.4 is 0 Å². The lowest BCUT2D eigenvalue weighted by Crippen LogP contribution is -2.02. The molecule has 0 aromatic heterocycles. The van der Waals surface area contributed by atoms with E-state index >= 15 is 0 Å². The Bertz CT molecular complexity index is 449. The van der Waals surface area contributed by atoms with Crippen molar-refractivity contribution in [3.8, 4) is 0 Å². The topological polar surface area (TPSA) is 54.4 Å². The fourth-order valence-electron chi connectivity index (χ4n) is 1.45. The molecule has 1 unspecified atom stereocenters. The van der Waals surface area contributed by atoms with E-state index in [2.05, 4.69) is 0 Å². The van der Waals surface area contributed by atoms with Crippen molar-refractivity contribution in [1.29, 1.82) is 0 Å². The fraction of sp³-hybridized carbons (Fsp3) is 0.417. The van der Waals surface area contributed by atoms with E-state index in [1.807, 2.05) is 0 Å². The SMILES string of the molecule is O=C(O)CCCCCS(=O)c1cc(F)ccc1F. The quantitative estimate of drug-likeness (QED) is 0.779. The van der Waals surface area contributed by atoms with Crippen LogP contribution in [0, 0.1) is 11.6 Å². The molecule has 0 saturated carbocycles. The van der Waals surface area contributed by atoms with Gasteiger partial charge in [0.15, 0.2) is 0 Å². The first kappa shape index (κ1) is 14.8. The van der Waals surface area contributed by atoms with Gasteiger partial charge in [-0.2, -0.15) is 0 Å². The summed E-state index contributed by atoms with van der Waals surface area (Å²) in [5.41, 5.74) is 0. The van der Waals surface area contributed by atoms with Crippen molar-refractivity contribution in [1.82, 2.24) is 0 Å². The molecule has 1 N–H and O–H groups in total. The average molecular weight is 276 g/mol. The molecule has 1 atom stereocenters. The van der Waals surface area contributed by atoms with Crippen LogP contribution in [0.1, 0.15) is 25.7 Å². The van der Waals surface area contributed by atoms with Crippen molar-refractivity contribution in [2.24, 2.45) is 0 Å². The molecular formula is C12H14F2O3S. The third-order valence-electron chi connectivity index (χ3n) is 2.36. The Kier molecular flexibility index (Phi) is 5.91. The van der Waals surface area contributed by atoms with Crippen molar-refractivity contribution in [2.75, 3.05) is 5.75 Å². The molecule has 0 spiro atoms. The Hall–Kier alpha value is -1.30. The highest BCUT2D eigenvalue weighted by Gasteiger charge is 2.11. The molecule has 18 heavy (non-hydrogen) atoms. The van der Waals surface area contributed by atoms with Crippen molar-refractivity contribution in [3.05, 3.63) is 29.8 Å². The number of carboxylic acids is 1. The first-order valence-corrected chi connectivity index (χ1v) is 6.88. The first-order valence-electron chi connectivity index (χ1n) is 5.56. The van der Waals surface area contributed by atoms with Gasteiger partial charge in [0.1, 0.15) is 11.6 Å². The molecule has 0 aliphatic heterocycles. The first-order chi connectivity index (χ1) is 8.50. The Morgan fingerprint density at radius 2 is 1.94 bits per heavy atom. The molecule has 0 radical (unpaired) electrons. The third kappa shape index (κ3) is 4.91. The van der Waals surface area contributed by atoms with Crippen molar-refractivity contribution in [2.45, 2.75) is 30.6 Å². The van der Waals surface area contributed by atoms with E-state index in [0.29, 0.717) is 19.3 Å². The molecule has 0 fully saturated rings. The molecule has 0 heterocycles. The molecule has 100 valence electrons. The highest BCUT2D eigenvalue weighted by atomic mass is 32.2. The van der Waals surface area contributed by atoms with Gasteiger partial charge in [0.2, 0.25) is 0 Å². The number of halogens is 2. The zero-order chi connectivity index (χ0) is 13.5. The Labute approximate surface area is 106 Å². The van der Waals surface area contributed by atoms with E-state index in [4.69, 9.17) is 5.11 Å². The van der Waals surface area contributed by atoms with Gasteiger partial charge in [-0.05, 0) is 31.0 Å². The number of aliphatic carboxylic acids is 1. The minimum Gasteiger partial charge on any atom is -0.481 e. The smallest absolute Gasteiger partial charge is 0.303 e. The zero-order valence-electron chi connectivity index (χ0n) is 9.70. The van der Waals surface area contributed by atoms with Gasteiger partial charge in [0.05, 0.1) is 15.7 Å². The summed E-state index contributed by atoms with van der Waals surface area (Å²) in [6.07, 6.45) is 1.70. The minimum absolute atomic E-state index is 0.0704. The van der Waals surface area contributed by atoms with Crippen molar-refractivity contribution in [3.63, 3.8) is 0 Å². The molecule has 0 amide bonds. The lowest BCUT2D eigenvalue weighted by atomic mass is 10.2. The summed E-state index contributed by atoms with van der Waals surface area (Å²) in [5, 5.41) is 8.42. The Morgan fingerprint density at radius 1 is 1.22 bits per heavy atom. The lowest BCUT2D eigenvalue weighted by molar-refractivity contribution is -0.137. The summed E-state index contributed by atoms with van der Waals surface area (Å²) in [5.74, 6) is -1.96. The Morgan fingerprint density at radius 3 is 2.61 bits per heavy atom. The minimum atomic E-state index is -1.58. The summed E-state index contributed by atoms with van der Waals surface area (Å²) < 4.78 is 37.8. The monoisotopic (exact) mass is 276 g/mol. The summed E-state index contributed by atoms with van der Waals surface area (Å²) in [7, 11) is -1.58. The molecule has 0 aliphatic carbocycles. The number of hydrogen-bond donors (Lipinski definition) is 1. The normalized spacial score (nSPS) is 12.3. The van der Waals surface area contributed by atoms with Crippen LogP contribution in [0.3, 0.4) is 0 Å². The van der Waals surface area contributed by atoms with Crippen molar-refractivity contribution >= 4 is 16.8 Å². The molecule has 1 rings (SSSR count). The molecule has 3 nitrogen and oxygen atoms in total. The number of hydrogen-bond acceptors (Lipinski definition) is 2. The highest BCUT2D eigenvalue weighted by Crippen LogP contribution is 2.15. The highest BCUT2D eigenvalue weighted by molar-refractivity contribution is 7.85. The largest absolute Gasteiger partial charge is 0.481 e. The predicted octanol–water partition coefficient (Wildman–Crippen LogP) is 2.72. The molecule has 6 heteroatoms. The zero-order valence-corrected chi connectivity index (χ0v) is 10.5. The summed E-state index contributed by atoms with van der Waals surface area (Å²) in [4.78, 5) is 10.1. The van der Waals surface area contributed by atoms with Crippen LogP contribution in [-0.4, -0.2) is 21.0 Å². The maximum atomic E-state index is 13.3. The third-order valence-corrected chi connectivity index (χ3v) is 3.82. The van der Waals surface area contributed by atoms with Crippen LogP contribution in [0.5, 0.6) is 0 Å². The second kappa shape index (κ2) is 7.20. The molecule has 0 aliphatic rings. The van der Waals surface area contributed by atoms with E-state index in [1.54, 1.807) is 0 Å². The molecule has 1 aromatic carbocycles. The predicted molar refractivity (Wildman–Crippen MR) is 63.7 cm³/mol. The number of carbonyl (C=O) groups is 1. The average Bonchev–Trinajstić information content (AvgIpc) is 2.31. The van der Waals surface area contributed by atoms with Crippen molar-refractivity contribution < 1.29 is 22.9 Å². The summed E-state index contributed by atoms with van der Waals surface area (Å²) >= 11 is 0. The molecule has 0 saturated heterocycles. The number of carboxylic acid groups (broad SMARTS) is 1. The van der Waals surface area contributed by atoms with Crippen LogP contribution in [-0.2, 0) is 15.6 Å². The maximum absolute atomic E-state index is 13.3. The van der Waals surface area contributed by atoms with Crippen LogP contribution >= 0.6 is 0 Å². The van der Waals surface area contributed by atoms with Gasteiger partial charge in [-0.3, -0.25) is 9.00 Å². The lowest BCUT2D eigenvalue weighted by Gasteiger charge is -2.03. The second-order valence-electron chi connectivity index (χ2n) is 3.83. The maximum Gasteiger partial charge on any atom is 0.303 e. The standard InChI is InChI=1S/C12H14F2O3S/c13-9-5-6-10(14)11(8-9)18(17)7-3-1-2-4-12(15)16/h5-6,8H,1-4,7H2,(H,15,16). The van der Waals surface area contributed by atoms with E-state index in [0.717, 1.165) is 18.2 Å². The summed E-state index contributed by atoms with van der Waals surface area (Å²) in [6, 6.07) is 2.86. The summed E-state index contributed by atoms with van der Waals surface area (Å²) in [6.45, 7) is 0. The number of rotatable bonds is 7. The van der Waals surface area contributed by atoms with E-state index in [1.165, 1.54) is 0 Å². The Balaban J connectivity index is 2.41. The van der Waals surface area contributed by atoms with Crippen LogP contribution in [0.15, 0.2) is 23.1 Å². The van der Waals surface area contributed by atoms with Gasteiger partial charge in [-0.15, -0.1) is 0 Å². The van der Waals surface area contributed by atoms with Crippen LogP contribution in [0.4, 0.5) is 8.78 Å².